The molecule has 0 unspecified atom stereocenters. The van der Waals surface area contributed by atoms with Gasteiger partial charge in [0.1, 0.15) is 12.2 Å². The normalized spacial score (nSPS) is 10.6. The summed E-state index contributed by atoms with van der Waals surface area (Å²) >= 11 is 0. The van der Waals surface area contributed by atoms with E-state index in [0.717, 1.165) is 5.52 Å². The number of hydrogen-bond donors (Lipinski definition) is 1. The minimum absolute atomic E-state index is 0.0867. The van der Waals surface area contributed by atoms with Crippen molar-refractivity contribution in [2.45, 2.75) is 6.54 Å². The molecule has 0 aliphatic carbocycles. The van der Waals surface area contributed by atoms with E-state index in [1.54, 1.807) is 26.4 Å². The molecule has 0 fully saturated rings. The Balaban J connectivity index is 1.72. The van der Waals surface area contributed by atoms with E-state index in [1.807, 2.05) is 18.2 Å². The summed E-state index contributed by atoms with van der Waals surface area (Å²) in [5.41, 5.74) is 2.08. The van der Waals surface area contributed by atoms with Crippen molar-refractivity contribution in [2.24, 2.45) is 0 Å². The van der Waals surface area contributed by atoms with Gasteiger partial charge in [-0.25, -0.2) is 4.98 Å². The average Bonchev–Trinajstić information content (AvgIpc) is 3.01. The van der Waals surface area contributed by atoms with Gasteiger partial charge < -0.3 is 10.2 Å². The topological polar surface area (TPSA) is 93.0 Å². The first kappa shape index (κ1) is 15.6. The summed E-state index contributed by atoms with van der Waals surface area (Å²) in [5.74, 6) is -0.469. The molecular formula is C16H16N6O2. The highest BCUT2D eigenvalue weighted by Gasteiger charge is 2.12. The summed E-state index contributed by atoms with van der Waals surface area (Å²) in [4.78, 5) is 33.9. The number of aromatic nitrogens is 4. The maximum absolute atomic E-state index is 12.3. The Kier molecular flexibility index (Phi) is 4.19. The Labute approximate surface area is 138 Å². The van der Waals surface area contributed by atoms with Crippen LogP contribution >= 0.6 is 0 Å². The lowest BCUT2D eigenvalue weighted by molar-refractivity contribution is -0.129. The fourth-order valence-electron chi connectivity index (χ4n) is 2.06. The van der Waals surface area contributed by atoms with Crippen LogP contribution in [0.3, 0.4) is 0 Å². The molecule has 0 atom stereocenters. The maximum Gasteiger partial charge on any atom is 0.275 e. The van der Waals surface area contributed by atoms with Gasteiger partial charge in [0.05, 0.1) is 29.1 Å². The van der Waals surface area contributed by atoms with Gasteiger partial charge in [0.15, 0.2) is 0 Å². The van der Waals surface area contributed by atoms with Gasteiger partial charge in [-0.3, -0.25) is 19.3 Å². The van der Waals surface area contributed by atoms with Crippen molar-refractivity contribution in [3.8, 4) is 0 Å². The van der Waals surface area contributed by atoms with Crippen LogP contribution in [-0.4, -0.2) is 50.6 Å². The first-order valence-corrected chi connectivity index (χ1v) is 7.28. The Morgan fingerprint density at radius 3 is 2.67 bits per heavy atom. The second-order valence-corrected chi connectivity index (χ2v) is 5.41. The van der Waals surface area contributed by atoms with Crippen molar-refractivity contribution in [2.75, 3.05) is 19.4 Å². The molecule has 0 bridgehead atoms. The lowest BCUT2D eigenvalue weighted by Crippen LogP contribution is -2.26. The molecule has 0 aliphatic rings. The summed E-state index contributed by atoms with van der Waals surface area (Å²) in [7, 11) is 3.35. The molecule has 0 aliphatic heterocycles. The molecule has 0 saturated carbocycles. The number of likely N-dealkylation sites (N-methyl/N-ethyl adjacent to an activating group) is 1. The number of carbonyl (C=O) groups is 2. The molecule has 8 nitrogen and oxygen atoms in total. The van der Waals surface area contributed by atoms with Gasteiger partial charge in [0.25, 0.3) is 5.91 Å². The number of rotatable bonds is 4. The van der Waals surface area contributed by atoms with Crippen LogP contribution in [0.2, 0.25) is 0 Å². The zero-order valence-electron chi connectivity index (χ0n) is 13.3. The van der Waals surface area contributed by atoms with Gasteiger partial charge in [0, 0.05) is 20.3 Å². The first-order valence-electron chi connectivity index (χ1n) is 7.28. The third-order valence-electron chi connectivity index (χ3n) is 3.37. The van der Waals surface area contributed by atoms with E-state index in [2.05, 4.69) is 20.4 Å². The fourth-order valence-corrected chi connectivity index (χ4v) is 2.06. The van der Waals surface area contributed by atoms with Gasteiger partial charge in [-0.2, -0.15) is 5.10 Å². The number of hydrogen-bond acceptors (Lipinski definition) is 5. The van der Waals surface area contributed by atoms with Crippen LogP contribution in [0.1, 0.15) is 10.5 Å². The number of nitrogens with zero attached hydrogens (tertiary/aromatic N) is 5. The summed E-state index contributed by atoms with van der Waals surface area (Å²) in [5, 5.41) is 6.75. The molecule has 24 heavy (non-hydrogen) atoms. The molecule has 0 radical (unpaired) electrons. The SMILES string of the molecule is CN(C)C(=O)Cn1cc(NC(=O)c2cnc3ccccc3n2)cn1. The zero-order chi connectivity index (χ0) is 17.1. The number of para-hydroxylation sites is 2. The van der Waals surface area contributed by atoms with Crippen LogP contribution in [0.5, 0.6) is 0 Å². The van der Waals surface area contributed by atoms with Crippen molar-refractivity contribution in [3.05, 3.63) is 48.5 Å². The third-order valence-corrected chi connectivity index (χ3v) is 3.37. The van der Waals surface area contributed by atoms with Crippen LogP contribution in [0, 0.1) is 0 Å². The quantitative estimate of drug-likeness (QED) is 0.777. The highest BCUT2D eigenvalue weighted by atomic mass is 16.2. The van der Waals surface area contributed by atoms with Gasteiger partial charge in [-0.1, -0.05) is 12.1 Å². The van der Waals surface area contributed by atoms with Crippen molar-refractivity contribution in [1.82, 2.24) is 24.6 Å². The van der Waals surface area contributed by atoms with Crippen molar-refractivity contribution < 1.29 is 9.59 Å². The van der Waals surface area contributed by atoms with Gasteiger partial charge in [0.2, 0.25) is 5.91 Å². The van der Waals surface area contributed by atoms with Crippen LogP contribution in [0.4, 0.5) is 5.69 Å². The third kappa shape index (κ3) is 3.37. The van der Waals surface area contributed by atoms with Crippen molar-refractivity contribution in [3.63, 3.8) is 0 Å². The second kappa shape index (κ2) is 6.45. The molecule has 0 saturated heterocycles. The van der Waals surface area contributed by atoms with E-state index in [-0.39, 0.29) is 24.1 Å². The zero-order valence-corrected chi connectivity index (χ0v) is 13.3. The number of anilines is 1. The monoisotopic (exact) mass is 324 g/mol. The van der Waals surface area contributed by atoms with Crippen LogP contribution < -0.4 is 5.32 Å². The van der Waals surface area contributed by atoms with E-state index in [9.17, 15) is 9.59 Å². The standard InChI is InChI=1S/C16H16N6O2/c1-21(2)15(23)10-22-9-11(7-18-22)19-16(24)14-8-17-12-5-3-4-6-13(12)20-14/h3-9H,10H2,1-2H3,(H,19,24). The summed E-state index contributed by atoms with van der Waals surface area (Å²) in [6, 6.07) is 7.32. The van der Waals surface area contributed by atoms with Crippen molar-refractivity contribution >= 4 is 28.5 Å². The number of nitrogens with one attached hydrogen (secondary N) is 1. The van der Waals surface area contributed by atoms with Gasteiger partial charge in [-0.15, -0.1) is 0 Å². The van der Waals surface area contributed by atoms with Crippen LogP contribution in [-0.2, 0) is 11.3 Å². The Hall–Kier alpha value is -3.29. The minimum atomic E-state index is -0.383. The predicted octanol–water partition coefficient (Wildman–Crippen LogP) is 1.17. The van der Waals surface area contributed by atoms with Gasteiger partial charge >= 0.3 is 0 Å². The summed E-state index contributed by atoms with van der Waals surface area (Å²) < 4.78 is 1.46. The highest BCUT2D eigenvalue weighted by molar-refractivity contribution is 6.03. The first-order chi connectivity index (χ1) is 11.5. The minimum Gasteiger partial charge on any atom is -0.347 e. The molecule has 2 aromatic heterocycles. The summed E-state index contributed by atoms with van der Waals surface area (Å²) in [6.45, 7) is 0.110. The van der Waals surface area contributed by atoms with E-state index in [1.165, 1.54) is 22.0 Å². The molecule has 3 aromatic rings. The summed E-state index contributed by atoms with van der Waals surface area (Å²) in [6.07, 6.45) is 4.50. The number of fused-ring (bicyclic) bond motifs is 1. The largest absolute Gasteiger partial charge is 0.347 e. The fraction of sp³-hybridized carbons (Fsp3) is 0.188. The van der Waals surface area contributed by atoms with Crippen molar-refractivity contribution in [1.29, 1.82) is 0 Å². The Bertz CT molecular complexity index is 902. The molecule has 2 amide bonds. The average molecular weight is 324 g/mol. The van der Waals surface area contributed by atoms with E-state index in [0.29, 0.717) is 11.2 Å². The smallest absolute Gasteiger partial charge is 0.275 e. The second-order valence-electron chi connectivity index (χ2n) is 5.41. The van der Waals surface area contributed by atoms with Crippen LogP contribution in [0.25, 0.3) is 11.0 Å². The van der Waals surface area contributed by atoms with E-state index < -0.39 is 0 Å². The van der Waals surface area contributed by atoms with Gasteiger partial charge in [-0.05, 0) is 12.1 Å². The number of benzene rings is 1. The molecule has 1 N–H and O–H groups in total. The van der Waals surface area contributed by atoms with Crippen LogP contribution in [0.15, 0.2) is 42.9 Å². The molecule has 1 aromatic carbocycles. The molecular weight excluding hydrogens is 308 g/mol. The Morgan fingerprint density at radius 1 is 1.17 bits per heavy atom. The Morgan fingerprint density at radius 2 is 1.92 bits per heavy atom. The molecule has 0 spiro atoms. The lowest BCUT2D eigenvalue weighted by atomic mass is 10.3. The molecule has 3 rings (SSSR count). The van der Waals surface area contributed by atoms with E-state index >= 15 is 0 Å². The number of carbonyl (C=O) groups excluding carboxylic acids is 2. The maximum atomic E-state index is 12.3. The number of amides is 2. The molecule has 2 heterocycles. The molecule has 8 heteroatoms. The van der Waals surface area contributed by atoms with E-state index in [4.69, 9.17) is 0 Å². The highest BCUT2D eigenvalue weighted by Crippen LogP contribution is 2.11. The molecule has 122 valence electrons. The predicted molar refractivity (Wildman–Crippen MR) is 88.4 cm³/mol. The lowest BCUT2D eigenvalue weighted by Gasteiger charge is -2.09.